The summed E-state index contributed by atoms with van der Waals surface area (Å²) in [7, 11) is 0.504. The Morgan fingerprint density at radius 2 is 1.27 bits per heavy atom. The molecule has 0 saturated carbocycles. The molecule has 0 N–H and O–H groups in total. The summed E-state index contributed by atoms with van der Waals surface area (Å²) in [5.74, 6) is 0. The van der Waals surface area contributed by atoms with E-state index in [0.29, 0.717) is 0 Å². The zero-order valence-electron chi connectivity index (χ0n) is 8.57. The standard InChI is InChI=1S/C8H21NSi2/c1-9-10(2,3)7-6-8-11(9,4)5/h6-8H2,1-5H3. The lowest BCUT2D eigenvalue weighted by Gasteiger charge is -2.48. The SMILES string of the molecule is CN1[Si](C)(C)CCC[Si]1(C)C. The zero-order valence-corrected chi connectivity index (χ0v) is 10.6. The third-order valence-corrected chi connectivity index (χ3v) is 13.8. The maximum Gasteiger partial charge on any atom is 0.115 e. The quantitative estimate of drug-likeness (QED) is 0.527. The minimum atomic E-state index is -0.934. The van der Waals surface area contributed by atoms with Crippen molar-refractivity contribution in [3.8, 4) is 0 Å². The molecule has 66 valence electrons. The monoisotopic (exact) mass is 187 g/mol. The summed E-state index contributed by atoms with van der Waals surface area (Å²) in [4.78, 5) is 0. The van der Waals surface area contributed by atoms with Crippen molar-refractivity contribution in [3.63, 3.8) is 0 Å². The fourth-order valence-electron chi connectivity index (χ4n) is 2.11. The fourth-order valence-corrected chi connectivity index (χ4v) is 12.4. The Labute approximate surface area is 73.0 Å². The Kier molecular flexibility index (Phi) is 2.34. The first-order valence-electron chi connectivity index (χ1n) is 4.60. The van der Waals surface area contributed by atoms with Crippen LogP contribution in [0.3, 0.4) is 0 Å². The average molecular weight is 187 g/mol. The second-order valence-electron chi connectivity index (χ2n) is 5.04. The molecule has 1 rings (SSSR count). The van der Waals surface area contributed by atoms with E-state index in [1.54, 1.807) is 0 Å². The highest BCUT2D eigenvalue weighted by Crippen LogP contribution is 2.32. The van der Waals surface area contributed by atoms with E-state index in [4.69, 9.17) is 0 Å². The van der Waals surface area contributed by atoms with Crippen LogP contribution in [0, 0.1) is 0 Å². The predicted octanol–water partition coefficient (Wildman–Crippen LogP) is 2.73. The van der Waals surface area contributed by atoms with Gasteiger partial charge in [-0.3, -0.25) is 0 Å². The van der Waals surface area contributed by atoms with Crippen LogP contribution in [0.4, 0.5) is 0 Å². The maximum absolute atomic E-state index is 2.80. The summed E-state index contributed by atoms with van der Waals surface area (Å²) < 4.78 is 2.80. The van der Waals surface area contributed by atoms with Gasteiger partial charge in [0.25, 0.3) is 0 Å². The molecule has 0 spiro atoms. The Morgan fingerprint density at radius 1 is 0.909 bits per heavy atom. The topological polar surface area (TPSA) is 3.24 Å². The molecule has 1 aliphatic heterocycles. The van der Waals surface area contributed by atoms with Gasteiger partial charge < -0.3 is 4.23 Å². The van der Waals surface area contributed by atoms with Gasteiger partial charge in [-0.25, -0.2) is 0 Å². The number of nitrogens with zero attached hydrogens (tertiary/aromatic N) is 1. The minimum Gasteiger partial charge on any atom is -0.348 e. The Hall–Kier alpha value is 0.394. The normalized spacial score (nSPS) is 30.3. The van der Waals surface area contributed by atoms with Crippen molar-refractivity contribution in [3.05, 3.63) is 0 Å². The van der Waals surface area contributed by atoms with Crippen molar-refractivity contribution < 1.29 is 0 Å². The first kappa shape index (κ1) is 9.48. The summed E-state index contributed by atoms with van der Waals surface area (Å²) in [6, 6.07) is 3.03. The molecule has 11 heavy (non-hydrogen) atoms. The summed E-state index contributed by atoms with van der Waals surface area (Å²) in [5.41, 5.74) is 0. The lowest BCUT2D eigenvalue weighted by atomic mass is 10.6. The Balaban J connectivity index is 2.76. The molecule has 0 aliphatic carbocycles. The highest BCUT2D eigenvalue weighted by Gasteiger charge is 2.41. The highest BCUT2D eigenvalue weighted by atomic mass is 28.4. The average Bonchev–Trinajstić information content (AvgIpc) is 1.82. The van der Waals surface area contributed by atoms with Gasteiger partial charge in [0.1, 0.15) is 16.5 Å². The smallest absolute Gasteiger partial charge is 0.115 e. The van der Waals surface area contributed by atoms with E-state index in [1.165, 1.54) is 18.5 Å². The first-order valence-corrected chi connectivity index (χ1v) is 10.9. The van der Waals surface area contributed by atoms with Crippen LogP contribution in [0.2, 0.25) is 38.3 Å². The molecule has 1 saturated heterocycles. The van der Waals surface area contributed by atoms with Crippen LogP contribution in [0.1, 0.15) is 6.42 Å². The Morgan fingerprint density at radius 3 is 1.55 bits per heavy atom. The van der Waals surface area contributed by atoms with Crippen molar-refractivity contribution in [2.45, 2.75) is 44.7 Å². The van der Waals surface area contributed by atoms with E-state index in [9.17, 15) is 0 Å². The number of rotatable bonds is 0. The molecule has 0 bridgehead atoms. The molecule has 0 radical (unpaired) electrons. The molecule has 0 aromatic heterocycles. The predicted molar refractivity (Wildman–Crippen MR) is 57.0 cm³/mol. The van der Waals surface area contributed by atoms with E-state index < -0.39 is 16.5 Å². The minimum absolute atomic E-state index is 0.934. The van der Waals surface area contributed by atoms with Crippen LogP contribution >= 0.6 is 0 Å². The molecular formula is C8H21NSi2. The van der Waals surface area contributed by atoms with Gasteiger partial charge in [-0.05, 0) is 19.1 Å². The van der Waals surface area contributed by atoms with E-state index in [1.807, 2.05) is 0 Å². The van der Waals surface area contributed by atoms with Crippen LogP contribution < -0.4 is 0 Å². The van der Waals surface area contributed by atoms with Crippen LogP contribution in [-0.4, -0.2) is 27.7 Å². The van der Waals surface area contributed by atoms with Gasteiger partial charge in [-0.2, -0.15) is 0 Å². The van der Waals surface area contributed by atoms with E-state index in [2.05, 4.69) is 37.5 Å². The summed E-state index contributed by atoms with van der Waals surface area (Å²) in [6.07, 6.45) is 1.50. The van der Waals surface area contributed by atoms with Crippen LogP contribution in [-0.2, 0) is 0 Å². The third-order valence-electron chi connectivity index (χ3n) is 3.39. The highest BCUT2D eigenvalue weighted by molar-refractivity contribution is 6.91. The van der Waals surface area contributed by atoms with Crippen molar-refractivity contribution in [2.24, 2.45) is 0 Å². The van der Waals surface area contributed by atoms with Crippen molar-refractivity contribution in [2.75, 3.05) is 7.05 Å². The molecule has 1 fully saturated rings. The Bertz CT molecular complexity index is 138. The molecule has 0 aromatic rings. The van der Waals surface area contributed by atoms with Crippen LogP contribution in [0.25, 0.3) is 0 Å². The van der Waals surface area contributed by atoms with E-state index in [-0.39, 0.29) is 0 Å². The fraction of sp³-hybridized carbons (Fsp3) is 1.00. The molecule has 1 heterocycles. The third kappa shape index (κ3) is 1.76. The molecule has 0 atom stereocenters. The zero-order chi connectivity index (χ0) is 8.70. The number of hydrogen-bond acceptors (Lipinski definition) is 1. The first-order chi connectivity index (χ1) is 4.86. The van der Waals surface area contributed by atoms with Gasteiger partial charge in [0.2, 0.25) is 0 Å². The maximum atomic E-state index is 2.80. The molecule has 0 unspecified atom stereocenters. The van der Waals surface area contributed by atoms with E-state index >= 15 is 0 Å². The van der Waals surface area contributed by atoms with Crippen molar-refractivity contribution >= 4 is 16.5 Å². The van der Waals surface area contributed by atoms with Gasteiger partial charge in [0.15, 0.2) is 0 Å². The second kappa shape index (κ2) is 2.71. The van der Waals surface area contributed by atoms with Crippen molar-refractivity contribution in [1.82, 2.24) is 4.23 Å². The largest absolute Gasteiger partial charge is 0.348 e. The van der Waals surface area contributed by atoms with Crippen LogP contribution in [0.5, 0.6) is 0 Å². The van der Waals surface area contributed by atoms with Crippen LogP contribution in [0.15, 0.2) is 0 Å². The van der Waals surface area contributed by atoms with Crippen molar-refractivity contribution in [1.29, 1.82) is 0 Å². The van der Waals surface area contributed by atoms with Gasteiger partial charge in [0.05, 0.1) is 0 Å². The lowest BCUT2D eigenvalue weighted by Crippen LogP contribution is -2.62. The molecular weight excluding hydrogens is 166 g/mol. The summed E-state index contributed by atoms with van der Waals surface area (Å²) >= 11 is 0. The van der Waals surface area contributed by atoms with Gasteiger partial charge in [-0.1, -0.05) is 32.6 Å². The van der Waals surface area contributed by atoms with E-state index in [0.717, 1.165) is 0 Å². The lowest BCUT2D eigenvalue weighted by molar-refractivity contribution is 0.685. The molecule has 1 aliphatic rings. The molecule has 3 heteroatoms. The van der Waals surface area contributed by atoms with Gasteiger partial charge in [0, 0.05) is 0 Å². The molecule has 1 nitrogen and oxygen atoms in total. The van der Waals surface area contributed by atoms with Gasteiger partial charge >= 0.3 is 0 Å². The molecule has 0 amide bonds. The van der Waals surface area contributed by atoms with Gasteiger partial charge in [-0.15, -0.1) is 0 Å². The molecule has 0 aromatic carbocycles. The summed E-state index contributed by atoms with van der Waals surface area (Å²) in [5, 5.41) is 0. The summed E-state index contributed by atoms with van der Waals surface area (Å²) in [6.45, 7) is 10.1. The number of hydrogen-bond donors (Lipinski definition) is 0. The second-order valence-corrected chi connectivity index (χ2v) is 15.1.